The zero-order chi connectivity index (χ0) is 14.3. The van der Waals surface area contributed by atoms with Gasteiger partial charge in [-0.05, 0) is 18.6 Å². The minimum absolute atomic E-state index is 0.00956. The number of aromatic nitrogens is 4. The molecule has 0 bridgehead atoms. The van der Waals surface area contributed by atoms with Crippen LogP contribution in [0.4, 0.5) is 13.2 Å². The van der Waals surface area contributed by atoms with Crippen LogP contribution in [0, 0.1) is 6.92 Å². The normalized spacial score (nSPS) is 12.0. The molecule has 20 heavy (non-hydrogen) atoms. The quantitative estimate of drug-likeness (QED) is 0.742. The van der Waals surface area contributed by atoms with E-state index < -0.39 is 12.0 Å². The van der Waals surface area contributed by atoms with Crippen molar-refractivity contribution in [3.05, 3.63) is 41.9 Å². The summed E-state index contributed by atoms with van der Waals surface area (Å²) < 4.78 is 37.6. The van der Waals surface area contributed by atoms with E-state index in [4.69, 9.17) is 0 Å². The van der Waals surface area contributed by atoms with E-state index in [0.29, 0.717) is 5.56 Å². The highest BCUT2D eigenvalue weighted by molar-refractivity contribution is 5.94. The maximum atomic E-state index is 12.5. The largest absolute Gasteiger partial charge is 0.451 e. The lowest BCUT2D eigenvalue weighted by molar-refractivity contribution is -0.144. The fourth-order valence-corrected chi connectivity index (χ4v) is 2.02. The molecule has 0 aliphatic rings. The number of pyridine rings is 1. The average Bonchev–Trinajstić information content (AvgIpc) is 2.89. The van der Waals surface area contributed by atoms with Gasteiger partial charge in [-0.15, -0.1) is 0 Å². The highest BCUT2D eigenvalue weighted by Gasteiger charge is 2.35. The van der Waals surface area contributed by atoms with E-state index in [-0.39, 0.29) is 5.82 Å². The van der Waals surface area contributed by atoms with Gasteiger partial charge >= 0.3 is 6.18 Å². The van der Waals surface area contributed by atoms with Crippen molar-refractivity contribution < 1.29 is 13.2 Å². The molecule has 0 spiro atoms. The van der Waals surface area contributed by atoms with Crippen molar-refractivity contribution in [3.63, 3.8) is 0 Å². The Balaban J connectivity index is 2.20. The molecule has 2 aromatic heterocycles. The Morgan fingerprint density at radius 3 is 2.65 bits per heavy atom. The van der Waals surface area contributed by atoms with Crippen molar-refractivity contribution in [2.24, 2.45) is 0 Å². The van der Waals surface area contributed by atoms with E-state index in [1.54, 1.807) is 30.5 Å². The predicted octanol–water partition coefficient (Wildman–Crippen LogP) is 3.35. The first-order valence-electron chi connectivity index (χ1n) is 5.81. The van der Waals surface area contributed by atoms with Crippen LogP contribution >= 0.6 is 0 Å². The molecular formula is C13H9F3N4. The van der Waals surface area contributed by atoms with Crippen LogP contribution in [0.5, 0.6) is 0 Å². The van der Waals surface area contributed by atoms with Gasteiger partial charge in [-0.25, -0.2) is 4.98 Å². The number of hydrogen-bond donors (Lipinski definition) is 1. The molecular weight excluding hydrogens is 269 g/mol. The van der Waals surface area contributed by atoms with Crippen LogP contribution in [0.1, 0.15) is 11.4 Å². The van der Waals surface area contributed by atoms with Crippen LogP contribution in [0.3, 0.4) is 0 Å². The highest BCUT2D eigenvalue weighted by Crippen LogP contribution is 2.30. The third-order valence-corrected chi connectivity index (χ3v) is 2.97. The lowest BCUT2D eigenvalue weighted by atomic mass is 10.0. The summed E-state index contributed by atoms with van der Waals surface area (Å²) in [6.07, 6.45) is -2.90. The molecule has 3 aromatic rings. The molecule has 0 radical (unpaired) electrons. The van der Waals surface area contributed by atoms with Gasteiger partial charge in [0, 0.05) is 17.1 Å². The molecule has 1 aromatic carbocycles. The Morgan fingerprint density at radius 1 is 1.15 bits per heavy atom. The Labute approximate surface area is 111 Å². The van der Waals surface area contributed by atoms with Gasteiger partial charge in [-0.3, -0.25) is 10.1 Å². The second-order valence-electron chi connectivity index (χ2n) is 4.33. The first kappa shape index (κ1) is 12.6. The Morgan fingerprint density at radius 2 is 1.95 bits per heavy atom. The average molecular weight is 278 g/mol. The molecule has 7 heteroatoms. The van der Waals surface area contributed by atoms with Crippen molar-refractivity contribution >= 4 is 10.9 Å². The zero-order valence-electron chi connectivity index (χ0n) is 10.4. The molecule has 0 saturated heterocycles. The van der Waals surface area contributed by atoms with Gasteiger partial charge in [0.1, 0.15) is 0 Å². The molecule has 0 aliphatic carbocycles. The first-order valence-corrected chi connectivity index (χ1v) is 5.81. The fraction of sp³-hybridized carbons (Fsp3) is 0.154. The number of hydrogen-bond acceptors (Lipinski definition) is 3. The zero-order valence-corrected chi connectivity index (χ0v) is 10.4. The van der Waals surface area contributed by atoms with Crippen LogP contribution in [0.2, 0.25) is 0 Å². The fourth-order valence-electron chi connectivity index (χ4n) is 2.02. The van der Waals surface area contributed by atoms with E-state index >= 15 is 0 Å². The number of H-pyrrole nitrogens is 1. The van der Waals surface area contributed by atoms with E-state index in [2.05, 4.69) is 15.1 Å². The Kier molecular flexibility index (Phi) is 2.70. The van der Waals surface area contributed by atoms with Crippen LogP contribution in [-0.2, 0) is 6.18 Å². The van der Waals surface area contributed by atoms with Crippen LogP contribution in [-0.4, -0.2) is 20.2 Å². The number of aromatic amines is 1. The van der Waals surface area contributed by atoms with Crippen molar-refractivity contribution in [3.8, 4) is 11.4 Å². The van der Waals surface area contributed by atoms with E-state index in [0.717, 1.165) is 16.5 Å². The summed E-state index contributed by atoms with van der Waals surface area (Å²) in [5, 5.41) is 6.29. The molecule has 4 nitrogen and oxygen atoms in total. The number of alkyl halides is 3. The van der Waals surface area contributed by atoms with Crippen molar-refractivity contribution in [2.75, 3.05) is 0 Å². The summed E-state index contributed by atoms with van der Waals surface area (Å²) in [4.78, 5) is 7.75. The van der Waals surface area contributed by atoms with Crippen molar-refractivity contribution in [1.29, 1.82) is 0 Å². The topological polar surface area (TPSA) is 54.5 Å². The first-order chi connectivity index (χ1) is 9.47. The summed E-state index contributed by atoms with van der Waals surface area (Å²) in [5.74, 6) is -1.10. The number of aryl methyl sites for hydroxylation is 1. The molecule has 1 N–H and O–H groups in total. The van der Waals surface area contributed by atoms with Gasteiger partial charge in [-0.2, -0.15) is 18.3 Å². The number of nitrogens with zero attached hydrogens (tertiary/aromatic N) is 3. The monoisotopic (exact) mass is 278 g/mol. The molecule has 0 atom stereocenters. The summed E-state index contributed by atoms with van der Waals surface area (Å²) in [5.41, 5.74) is 2.18. The van der Waals surface area contributed by atoms with E-state index in [9.17, 15) is 13.2 Å². The molecule has 0 unspecified atom stereocenters. The summed E-state index contributed by atoms with van der Waals surface area (Å²) in [6, 6.07) is 6.99. The van der Waals surface area contributed by atoms with E-state index in [1.165, 1.54) is 0 Å². The molecule has 0 saturated carbocycles. The van der Waals surface area contributed by atoms with Crippen LogP contribution in [0.15, 0.2) is 30.5 Å². The molecule has 0 amide bonds. The summed E-state index contributed by atoms with van der Waals surface area (Å²) in [6.45, 7) is 1.89. The van der Waals surface area contributed by atoms with Gasteiger partial charge in [0.05, 0.1) is 5.52 Å². The maximum absolute atomic E-state index is 12.5. The number of halogens is 3. The predicted molar refractivity (Wildman–Crippen MR) is 66.9 cm³/mol. The second kappa shape index (κ2) is 4.29. The third-order valence-electron chi connectivity index (χ3n) is 2.97. The maximum Gasteiger partial charge on any atom is 0.451 e. The molecule has 0 fully saturated rings. The number of benzene rings is 1. The Hall–Kier alpha value is -2.44. The molecule has 3 rings (SSSR count). The molecule has 2 heterocycles. The SMILES string of the molecule is Cc1ccc(-c2n[nH]c(C(F)(F)F)n2)c2cccnc12. The number of fused-ring (bicyclic) bond motifs is 1. The van der Waals surface area contributed by atoms with Gasteiger partial charge in [-0.1, -0.05) is 18.2 Å². The van der Waals surface area contributed by atoms with E-state index in [1.807, 2.05) is 12.0 Å². The molecule has 102 valence electrons. The molecule has 0 aliphatic heterocycles. The minimum atomic E-state index is -4.54. The van der Waals surface area contributed by atoms with Gasteiger partial charge in [0.25, 0.3) is 0 Å². The number of nitrogens with one attached hydrogen (secondary N) is 1. The van der Waals surface area contributed by atoms with Gasteiger partial charge in [0.2, 0.25) is 5.82 Å². The smallest absolute Gasteiger partial charge is 0.256 e. The van der Waals surface area contributed by atoms with Crippen molar-refractivity contribution in [1.82, 2.24) is 20.2 Å². The van der Waals surface area contributed by atoms with Crippen LogP contribution in [0.25, 0.3) is 22.3 Å². The second-order valence-corrected chi connectivity index (χ2v) is 4.33. The number of rotatable bonds is 1. The standard InChI is InChI=1S/C13H9F3N4/c1-7-4-5-9(8-3-2-6-17-10(7)8)11-18-12(20-19-11)13(14,15)16/h2-6H,1H3,(H,18,19,20). The van der Waals surface area contributed by atoms with Gasteiger partial charge < -0.3 is 0 Å². The van der Waals surface area contributed by atoms with Crippen molar-refractivity contribution in [2.45, 2.75) is 13.1 Å². The summed E-state index contributed by atoms with van der Waals surface area (Å²) in [7, 11) is 0. The highest BCUT2D eigenvalue weighted by atomic mass is 19.4. The Bertz CT molecular complexity index is 777. The van der Waals surface area contributed by atoms with Crippen LogP contribution < -0.4 is 0 Å². The lowest BCUT2D eigenvalue weighted by Crippen LogP contribution is -2.07. The summed E-state index contributed by atoms with van der Waals surface area (Å²) >= 11 is 0. The lowest BCUT2D eigenvalue weighted by Gasteiger charge is -2.05. The third kappa shape index (κ3) is 2.01. The van der Waals surface area contributed by atoms with Gasteiger partial charge in [0.15, 0.2) is 5.82 Å². The minimum Gasteiger partial charge on any atom is -0.256 e.